The molecule has 198 valence electrons. The van der Waals surface area contributed by atoms with Gasteiger partial charge in [0.25, 0.3) is 0 Å². The molecule has 0 aliphatic carbocycles. The van der Waals surface area contributed by atoms with Crippen LogP contribution in [-0.4, -0.2) is 78.5 Å². The summed E-state index contributed by atoms with van der Waals surface area (Å²) in [6.45, 7) is 32.2. The van der Waals surface area contributed by atoms with E-state index in [1.807, 2.05) is 19.6 Å². The molecular weight excluding hydrogens is 503 g/mol. The molecule has 0 rings (SSSR count). The molecule has 0 heterocycles. The van der Waals surface area contributed by atoms with E-state index in [2.05, 4.69) is 78.6 Å². The average Bonchev–Trinajstić information content (AvgIpc) is 2.48. The highest BCUT2D eigenvalue weighted by molar-refractivity contribution is 6.71. The van der Waals surface area contributed by atoms with E-state index >= 15 is 0 Å². The lowest BCUT2D eigenvalue weighted by atomic mass is 10.0. The lowest BCUT2D eigenvalue weighted by molar-refractivity contribution is -0.138. The number of rotatable bonds is 15. The number of primary amides is 1. The van der Waals surface area contributed by atoms with Crippen LogP contribution in [0.4, 0.5) is 0 Å². The predicted molar refractivity (Wildman–Crippen MR) is 151 cm³/mol. The van der Waals surface area contributed by atoms with Gasteiger partial charge in [-0.1, -0.05) is 0 Å². The van der Waals surface area contributed by atoms with Crippen molar-refractivity contribution in [3.63, 3.8) is 0 Å². The molecule has 0 unspecified atom stereocenters. The summed E-state index contributed by atoms with van der Waals surface area (Å²) in [5.74, 6) is -0.525. The fraction of sp³-hybridized carbons (Fsp3) is 0.952. The molecular formula is C21H53NO6Si5. The first kappa shape index (κ1) is 33.4. The molecule has 4 atom stereocenters. The number of nitrogens with two attached hydrogens (primary N) is 1. The van der Waals surface area contributed by atoms with Crippen LogP contribution >= 0.6 is 0 Å². The average molecular weight is 556 g/mol. The van der Waals surface area contributed by atoms with Gasteiger partial charge in [0.15, 0.2) is 47.7 Å². The van der Waals surface area contributed by atoms with Gasteiger partial charge in [-0.25, -0.2) is 0 Å². The van der Waals surface area contributed by atoms with Gasteiger partial charge in [-0.3, -0.25) is 4.79 Å². The molecule has 7 nitrogen and oxygen atoms in total. The Kier molecular flexibility index (Phi) is 12.2. The van der Waals surface area contributed by atoms with Crippen molar-refractivity contribution in [2.24, 2.45) is 5.73 Å². The zero-order valence-corrected chi connectivity index (χ0v) is 29.0. The van der Waals surface area contributed by atoms with Crippen molar-refractivity contribution in [2.45, 2.75) is 123 Å². The van der Waals surface area contributed by atoms with Crippen LogP contribution in [-0.2, 0) is 26.9 Å². The Labute approximate surface area is 209 Å². The molecule has 0 saturated carbocycles. The van der Waals surface area contributed by atoms with Crippen LogP contribution in [0.5, 0.6) is 0 Å². The lowest BCUT2D eigenvalue weighted by Crippen LogP contribution is -2.62. The van der Waals surface area contributed by atoms with Crippen LogP contribution in [0.2, 0.25) is 98.2 Å². The molecule has 2 N–H and O–H groups in total. The van der Waals surface area contributed by atoms with Gasteiger partial charge in [-0.15, -0.1) is 0 Å². The molecule has 0 aromatic carbocycles. The highest BCUT2D eigenvalue weighted by Crippen LogP contribution is 2.28. The largest absolute Gasteiger partial charge is 0.415 e. The van der Waals surface area contributed by atoms with Crippen LogP contribution in [0.25, 0.3) is 0 Å². The van der Waals surface area contributed by atoms with Crippen LogP contribution in [0.3, 0.4) is 0 Å². The highest BCUT2D eigenvalue weighted by atomic mass is 28.4. The normalized spacial score (nSPS) is 18.0. The number of carbonyl (C=O) groups is 1. The number of hydrogen-bond acceptors (Lipinski definition) is 6. The van der Waals surface area contributed by atoms with E-state index in [1.54, 1.807) is 0 Å². The van der Waals surface area contributed by atoms with Crippen molar-refractivity contribution in [1.82, 2.24) is 0 Å². The lowest BCUT2D eigenvalue weighted by Gasteiger charge is -2.45. The second-order valence-electron chi connectivity index (χ2n) is 13.6. The van der Waals surface area contributed by atoms with Gasteiger partial charge in [0.1, 0.15) is 12.2 Å². The van der Waals surface area contributed by atoms with E-state index in [-0.39, 0.29) is 6.10 Å². The van der Waals surface area contributed by atoms with Crippen molar-refractivity contribution < 1.29 is 26.9 Å². The predicted octanol–water partition coefficient (Wildman–Crippen LogP) is 5.20. The van der Waals surface area contributed by atoms with E-state index in [0.29, 0.717) is 6.61 Å². The second kappa shape index (κ2) is 12.1. The summed E-state index contributed by atoms with van der Waals surface area (Å²) in [6, 6.07) is 0. The van der Waals surface area contributed by atoms with Crippen LogP contribution in [0.15, 0.2) is 0 Å². The van der Waals surface area contributed by atoms with Gasteiger partial charge in [-0.05, 0) is 98.2 Å². The number of hydrogen-bond donors (Lipinski definition) is 1. The summed E-state index contributed by atoms with van der Waals surface area (Å²) in [7, 11) is -10.1. The van der Waals surface area contributed by atoms with Gasteiger partial charge in [0.2, 0.25) is 5.91 Å². The first-order valence-electron chi connectivity index (χ1n) is 11.9. The second-order valence-corrected chi connectivity index (χ2v) is 36.0. The summed E-state index contributed by atoms with van der Waals surface area (Å²) in [6.07, 6.45) is -2.49. The molecule has 12 heteroatoms. The van der Waals surface area contributed by atoms with E-state index in [4.69, 9.17) is 27.9 Å². The van der Waals surface area contributed by atoms with Crippen LogP contribution in [0.1, 0.15) is 0 Å². The maximum absolute atomic E-state index is 12.8. The maximum atomic E-state index is 12.8. The third-order valence-corrected chi connectivity index (χ3v) is 8.88. The molecule has 0 aliphatic heterocycles. The molecule has 0 aromatic rings. The Hall–Kier alpha value is 0.354. The van der Waals surface area contributed by atoms with Crippen molar-refractivity contribution >= 4 is 47.5 Å². The molecule has 33 heavy (non-hydrogen) atoms. The summed E-state index contributed by atoms with van der Waals surface area (Å²) in [5, 5.41) is 0. The summed E-state index contributed by atoms with van der Waals surface area (Å²) in [5.41, 5.74) is 5.93. The Morgan fingerprint density at radius 2 is 0.939 bits per heavy atom. The zero-order valence-electron chi connectivity index (χ0n) is 24.0. The van der Waals surface area contributed by atoms with Gasteiger partial charge < -0.3 is 27.9 Å². The Bertz CT molecular complexity index is 617. The van der Waals surface area contributed by atoms with Crippen molar-refractivity contribution in [3.8, 4) is 0 Å². The third kappa shape index (κ3) is 16.6. The molecule has 1 amide bonds. The molecule has 0 aromatic heterocycles. The van der Waals surface area contributed by atoms with Gasteiger partial charge in [-0.2, -0.15) is 0 Å². The Balaban J connectivity index is 6.69. The van der Waals surface area contributed by atoms with Gasteiger partial charge in [0, 0.05) is 0 Å². The van der Waals surface area contributed by atoms with E-state index in [9.17, 15) is 4.79 Å². The van der Waals surface area contributed by atoms with E-state index < -0.39 is 65.8 Å². The minimum Gasteiger partial charge on any atom is -0.415 e. The fourth-order valence-corrected chi connectivity index (χ4v) is 8.09. The summed E-state index contributed by atoms with van der Waals surface area (Å²) in [4.78, 5) is 12.8. The Morgan fingerprint density at radius 1 is 0.576 bits per heavy atom. The summed E-state index contributed by atoms with van der Waals surface area (Å²) < 4.78 is 32.8. The minimum absolute atomic E-state index is 0.386. The number of carbonyl (C=O) groups excluding carboxylic acids is 1. The maximum Gasteiger partial charge on any atom is 0.248 e. The number of amides is 1. The molecule has 0 spiro atoms. The molecule has 0 radical (unpaired) electrons. The SMILES string of the molecule is C[Si](C)(C)OC[C@@H](O[Si](C)(C)C)[C@@H](O[Si](C)(C)C)[C@H](O[Si](C)(C)C)[C@@H](O[Si](C)(C)C)C(N)=O. The third-order valence-electron chi connectivity index (χ3n) is 3.91. The van der Waals surface area contributed by atoms with Crippen molar-refractivity contribution in [1.29, 1.82) is 0 Å². The van der Waals surface area contributed by atoms with Gasteiger partial charge >= 0.3 is 0 Å². The molecule has 0 bridgehead atoms. The van der Waals surface area contributed by atoms with E-state index in [0.717, 1.165) is 0 Å². The van der Waals surface area contributed by atoms with E-state index in [1.165, 1.54) is 0 Å². The quantitative estimate of drug-likeness (QED) is 0.279. The minimum atomic E-state index is -2.12. The fourth-order valence-electron chi connectivity index (χ4n) is 3.12. The Morgan fingerprint density at radius 3 is 1.24 bits per heavy atom. The standard InChI is InChI=1S/C21H53NO6Si5/c1-29(2,3)24-16-17(25-30(4,5)6)18(26-31(7,8)9)19(27-32(10,11)12)20(21(22)23)28-33(13,14)15/h17-20H,16H2,1-15H3,(H2,22,23)/t17-,18-,19+,20-/m1/s1. The van der Waals surface area contributed by atoms with Crippen LogP contribution < -0.4 is 5.73 Å². The first-order chi connectivity index (χ1) is 14.3. The highest BCUT2D eigenvalue weighted by Gasteiger charge is 2.46. The zero-order chi connectivity index (χ0) is 26.6. The molecule has 0 fully saturated rings. The monoisotopic (exact) mass is 555 g/mol. The van der Waals surface area contributed by atoms with Crippen molar-refractivity contribution in [3.05, 3.63) is 0 Å². The molecule has 0 saturated heterocycles. The van der Waals surface area contributed by atoms with Gasteiger partial charge in [0.05, 0.1) is 12.7 Å². The topological polar surface area (TPSA) is 89.2 Å². The molecule has 0 aliphatic rings. The smallest absolute Gasteiger partial charge is 0.248 e. The summed E-state index contributed by atoms with van der Waals surface area (Å²) >= 11 is 0. The first-order valence-corrected chi connectivity index (χ1v) is 29.0. The van der Waals surface area contributed by atoms with Crippen molar-refractivity contribution in [2.75, 3.05) is 6.61 Å². The van der Waals surface area contributed by atoms with Crippen LogP contribution in [0, 0.1) is 0 Å².